The smallest absolute Gasteiger partial charge is 0.248 e. The lowest BCUT2D eigenvalue weighted by Crippen LogP contribution is -2.43. The maximum Gasteiger partial charge on any atom is 0.248 e. The van der Waals surface area contributed by atoms with Crippen LogP contribution in [-0.2, 0) is 14.3 Å². The van der Waals surface area contributed by atoms with Gasteiger partial charge in [0.2, 0.25) is 5.91 Å². The lowest BCUT2D eigenvalue weighted by atomic mass is 10.0. The average Bonchev–Trinajstić information content (AvgIpc) is 2.70. The molecule has 100 valence electrons. The van der Waals surface area contributed by atoms with Crippen molar-refractivity contribution >= 4 is 5.91 Å². The number of amides is 1. The Morgan fingerprint density at radius 3 is 2.59 bits per heavy atom. The first kappa shape index (κ1) is 14.4. The van der Waals surface area contributed by atoms with Gasteiger partial charge >= 0.3 is 0 Å². The number of aliphatic hydroxyl groups is 1. The van der Waals surface area contributed by atoms with Crippen molar-refractivity contribution in [1.82, 2.24) is 4.90 Å². The quantitative estimate of drug-likeness (QED) is 0.660. The first-order valence-corrected chi connectivity index (χ1v) is 6.10. The minimum absolute atomic E-state index is 0.0515. The summed E-state index contributed by atoms with van der Waals surface area (Å²) in [5, 5.41) is 10.2. The van der Waals surface area contributed by atoms with E-state index < -0.39 is 5.60 Å². The average molecular weight is 245 g/mol. The molecular weight excluding hydrogens is 222 g/mol. The van der Waals surface area contributed by atoms with E-state index in [1.807, 2.05) is 0 Å². The summed E-state index contributed by atoms with van der Waals surface area (Å²) >= 11 is 0. The molecule has 0 bridgehead atoms. The molecule has 0 spiro atoms. The standard InChI is InChI=1S/C12H23NO4/c1-13(10-12(15)5-3-4-6-12)11(14)9-17-8-7-16-2/h15H,3-10H2,1-2H3. The van der Waals surface area contributed by atoms with Crippen LogP contribution in [-0.4, -0.2) is 62.0 Å². The van der Waals surface area contributed by atoms with Gasteiger partial charge in [-0.25, -0.2) is 0 Å². The highest BCUT2D eigenvalue weighted by Crippen LogP contribution is 2.29. The largest absolute Gasteiger partial charge is 0.388 e. The van der Waals surface area contributed by atoms with Crippen molar-refractivity contribution in [3.05, 3.63) is 0 Å². The number of nitrogens with zero attached hydrogens (tertiary/aromatic N) is 1. The molecule has 0 unspecified atom stereocenters. The Morgan fingerprint density at radius 1 is 1.35 bits per heavy atom. The molecule has 5 heteroatoms. The van der Waals surface area contributed by atoms with Gasteiger partial charge in [-0.1, -0.05) is 12.8 Å². The summed E-state index contributed by atoms with van der Waals surface area (Å²) < 4.78 is 9.97. The molecular formula is C12H23NO4. The fourth-order valence-electron chi connectivity index (χ4n) is 2.13. The lowest BCUT2D eigenvalue weighted by molar-refractivity contribution is -0.138. The van der Waals surface area contributed by atoms with Crippen LogP contribution in [0.15, 0.2) is 0 Å². The van der Waals surface area contributed by atoms with E-state index in [2.05, 4.69) is 0 Å². The van der Waals surface area contributed by atoms with Gasteiger partial charge in [-0.2, -0.15) is 0 Å². The number of carbonyl (C=O) groups excluding carboxylic acids is 1. The summed E-state index contributed by atoms with van der Waals surface area (Å²) in [5.74, 6) is -0.0959. The predicted octanol–water partition coefficient (Wildman–Crippen LogP) is 0.413. The van der Waals surface area contributed by atoms with Crippen LogP contribution in [0.4, 0.5) is 0 Å². The van der Waals surface area contributed by atoms with Gasteiger partial charge < -0.3 is 19.5 Å². The number of ether oxygens (including phenoxy) is 2. The third kappa shape index (κ3) is 5.02. The fourth-order valence-corrected chi connectivity index (χ4v) is 2.13. The maximum absolute atomic E-state index is 11.7. The van der Waals surface area contributed by atoms with Gasteiger partial charge in [0, 0.05) is 20.7 Å². The predicted molar refractivity (Wildman–Crippen MR) is 63.7 cm³/mol. The third-order valence-corrected chi connectivity index (χ3v) is 3.15. The Morgan fingerprint density at radius 2 is 2.00 bits per heavy atom. The highest BCUT2D eigenvalue weighted by atomic mass is 16.5. The van der Waals surface area contributed by atoms with E-state index >= 15 is 0 Å². The number of rotatable bonds is 7. The van der Waals surface area contributed by atoms with Gasteiger partial charge in [0.1, 0.15) is 6.61 Å². The summed E-state index contributed by atoms with van der Waals surface area (Å²) in [6.45, 7) is 1.36. The summed E-state index contributed by atoms with van der Waals surface area (Å²) in [6, 6.07) is 0. The Labute approximate surface area is 103 Å². The second-order valence-corrected chi connectivity index (χ2v) is 4.73. The van der Waals surface area contributed by atoms with Crippen LogP contribution >= 0.6 is 0 Å². The summed E-state index contributed by atoms with van der Waals surface area (Å²) in [6.07, 6.45) is 3.66. The molecule has 1 amide bonds. The zero-order chi connectivity index (χ0) is 12.7. The minimum Gasteiger partial charge on any atom is -0.388 e. The Balaban J connectivity index is 2.22. The lowest BCUT2D eigenvalue weighted by Gasteiger charge is -2.28. The van der Waals surface area contributed by atoms with Crippen molar-refractivity contribution < 1.29 is 19.4 Å². The normalized spacial score (nSPS) is 18.3. The Bertz CT molecular complexity index is 239. The summed E-state index contributed by atoms with van der Waals surface area (Å²) in [4.78, 5) is 13.2. The molecule has 0 saturated heterocycles. The van der Waals surface area contributed by atoms with Crippen molar-refractivity contribution in [3.63, 3.8) is 0 Å². The molecule has 1 aliphatic carbocycles. The van der Waals surface area contributed by atoms with E-state index in [0.29, 0.717) is 19.8 Å². The van der Waals surface area contributed by atoms with Crippen LogP contribution in [0.1, 0.15) is 25.7 Å². The molecule has 0 aromatic heterocycles. The van der Waals surface area contributed by atoms with Crippen LogP contribution in [0, 0.1) is 0 Å². The summed E-state index contributed by atoms with van der Waals surface area (Å²) in [5.41, 5.74) is -0.684. The molecule has 0 heterocycles. The molecule has 1 N–H and O–H groups in total. The van der Waals surface area contributed by atoms with Crippen molar-refractivity contribution in [2.45, 2.75) is 31.3 Å². The number of hydrogen-bond donors (Lipinski definition) is 1. The molecule has 17 heavy (non-hydrogen) atoms. The topological polar surface area (TPSA) is 59.0 Å². The SMILES string of the molecule is COCCOCC(=O)N(C)CC1(O)CCCC1. The highest BCUT2D eigenvalue weighted by molar-refractivity contribution is 5.77. The van der Waals surface area contributed by atoms with E-state index in [0.717, 1.165) is 25.7 Å². The third-order valence-electron chi connectivity index (χ3n) is 3.15. The maximum atomic E-state index is 11.7. The molecule has 1 saturated carbocycles. The molecule has 1 aliphatic rings. The number of methoxy groups -OCH3 is 1. The number of likely N-dealkylation sites (N-methyl/N-ethyl adjacent to an activating group) is 1. The van der Waals surface area contributed by atoms with E-state index in [4.69, 9.17) is 9.47 Å². The van der Waals surface area contributed by atoms with Gasteiger partial charge in [0.05, 0.1) is 18.8 Å². The first-order valence-electron chi connectivity index (χ1n) is 6.10. The molecule has 0 aromatic carbocycles. The van der Waals surface area contributed by atoms with Gasteiger partial charge in [-0.3, -0.25) is 4.79 Å². The zero-order valence-electron chi connectivity index (χ0n) is 10.8. The molecule has 5 nitrogen and oxygen atoms in total. The molecule has 1 fully saturated rings. The van der Waals surface area contributed by atoms with Crippen LogP contribution in [0.2, 0.25) is 0 Å². The van der Waals surface area contributed by atoms with Crippen LogP contribution in [0.3, 0.4) is 0 Å². The van der Waals surface area contributed by atoms with Crippen LogP contribution in [0.25, 0.3) is 0 Å². The van der Waals surface area contributed by atoms with E-state index in [9.17, 15) is 9.90 Å². The Hall–Kier alpha value is -0.650. The molecule has 1 rings (SSSR count). The molecule has 0 radical (unpaired) electrons. The van der Waals surface area contributed by atoms with E-state index in [1.165, 1.54) is 0 Å². The number of carbonyl (C=O) groups is 1. The summed E-state index contributed by atoms with van der Waals surface area (Å²) in [7, 11) is 3.30. The fraction of sp³-hybridized carbons (Fsp3) is 0.917. The monoisotopic (exact) mass is 245 g/mol. The van der Waals surface area contributed by atoms with Crippen molar-refractivity contribution in [3.8, 4) is 0 Å². The van der Waals surface area contributed by atoms with Gasteiger partial charge in [-0.15, -0.1) is 0 Å². The molecule has 0 aliphatic heterocycles. The van der Waals surface area contributed by atoms with E-state index in [-0.39, 0.29) is 12.5 Å². The van der Waals surface area contributed by atoms with E-state index in [1.54, 1.807) is 19.1 Å². The first-order chi connectivity index (χ1) is 8.07. The number of hydrogen-bond acceptors (Lipinski definition) is 4. The second kappa shape index (κ2) is 6.93. The molecule has 0 aromatic rings. The van der Waals surface area contributed by atoms with Gasteiger partial charge in [0.15, 0.2) is 0 Å². The van der Waals surface area contributed by atoms with Crippen molar-refractivity contribution in [1.29, 1.82) is 0 Å². The van der Waals surface area contributed by atoms with Crippen molar-refractivity contribution in [2.75, 3.05) is 40.5 Å². The van der Waals surface area contributed by atoms with Crippen LogP contribution in [0.5, 0.6) is 0 Å². The zero-order valence-corrected chi connectivity index (χ0v) is 10.8. The van der Waals surface area contributed by atoms with Crippen LogP contribution < -0.4 is 0 Å². The molecule has 0 atom stereocenters. The Kier molecular flexibility index (Phi) is 5.88. The van der Waals surface area contributed by atoms with Gasteiger partial charge in [-0.05, 0) is 12.8 Å². The highest BCUT2D eigenvalue weighted by Gasteiger charge is 2.33. The second-order valence-electron chi connectivity index (χ2n) is 4.73. The minimum atomic E-state index is -0.684. The van der Waals surface area contributed by atoms with Gasteiger partial charge in [0.25, 0.3) is 0 Å². The van der Waals surface area contributed by atoms with Crippen molar-refractivity contribution in [2.24, 2.45) is 0 Å².